The Morgan fingerprint density at radius 1 is 1.23 bits per heavy atom. The third kappa shape index (κ3) is 5.45. The highest BCUT2D eigenvalue weighted by Gasteiger charge is 2.38. The van der Waals surface area contributed by atoms with Gasteiger partial charge in [0.2, 0.25) is 10.0 Å². The van der Waals surface area contributed by atoms with Crippen LogP contribution in [0, 0.1) is 0 Å². The smallest absolute Gasteiger partial charge is 0.211 e. The molecule has 1 aliphatic carbocycles. The number of nitrogens with one attached hydrogen (secondary N) is 2. The summed E-state index contributed by atoms with van der Waals surface area (Å²) in [7, 11) is -1.35. The zero-order valence-corrected chi connectivity index (χ0v) is 17.0. The fourth-order valence-electron chi connectivity index (χ4n) is 3.46. The Morgan fingerprint density at radius 2 is 1.92 bits per heavy atom. The molecule has 1 saturated carbocycles. The van der Waals surface area contributed by atoms with E-state index < -0.39 is 10.0 Å². The van der Waals surface area contributed by atoms with Crippen LogP contribution in [0.15, 0.2) is 35.3 Å². The van der Waals surface area contributed by atoms with Gasteiger partial charge in [0.05, 0.1) is 6.26 Å². The second-order valence-corrected chi connectivity index (χ2v) is 8.94. The van der Waals surface area contributed by atoms with Gasteiger partial charge in [0.25, 0.3) is 0 Å². The van der Waals surface area contributed by atoms with Gasteiger partial charge in [-0.1, -0.05) is 43.7 Å². The summed E-state index contributed by atoms with van der Waals surface area (Å²) in [5, 5.41) is 6.74. The molecule has 6 nitrogen and oxygen atoms in total. The minimum Gasteiger partial charge on any atom is -0.356 e. The van der Waals surface area contributed by atoms with E-state index in [0.717, 1.165) is 18.9 Å². The number of hydrogen-bond donors (Lipinski definition) is 2. The van der Waals surface area contributed by atoms with E-state index in [1.165, 1.54) is 35.4 Å². The number of aliphatic imine (C=N–C) groups is 1. The lowest BCUT2D eigenvalue weighted by Gasteiger charge is -2.43. The number of rotatable bonds is 9. The summed E-state index contributed by atoms with van der Waals surface area (Å²) in [5.74, 6) is 0.773. The Hall–Kier alpha value is -1.60. The molecule has 1 aliphatic rings. The second-order valence-electron chi connectivity index (χ2n) is 6.96. The molecule has 0 bridgehead atoms. The van der Waals surface area contributed by atoms with E-state index in [-0.39, 0.29) is 5.41 Å². The van der Waals surface area contributed by atoms with Gasteiger partial charge in [0.1, 0.15) is 0 Å². The van der Waals surface area contributed by atoms with Gasteiger partial charge in [-0.3, -0.25) is 4.99 Å². The van der Waals surface area contributed by atoms with Crippen molar-refractivity contribution in [2.45, 2.75) is 38.0 Å². The van der Waals surface area contributed by atoms with Gasteiger partial charge in [-0.15, -0.1) is 0 Å². The van der Waals surface area contributed by atoms with Gasteiger partial charge >= 0.3 is 0 Å². The first-order chi connectivity index (χ1) is 12.4. The maximum Gasteiger partial charge on any atom is 0.211 e. The van der Waals surface area contributed by atoms with Crippen molar-refractivity contribution in [1.82, 2.24) is 14.9 Å². The van der Waals surface area contributed by atoms with E-state index in [4.69, 9.17) is 0 Å². The largest absolute Gasteiger partial charge is 0.356 e. The highest BCUT2D eigenvalue weighted by Crippen LogP contribution is 2.43. The number of nitrogens with zero attached hydrogens (tertiary/aromatic N) is 2. The summed E-state index contributed by atoms with van der Waals surface area (Å²) < 4.78 is 24.7. The van der Waals surface area contributed by atoms with E-state index in [1.54, 1.807) is 7.05 Å². The third-order valence-corrected chi connectivity index (χ3v) is 6.59. The van der Waals surface area contributed by atoms with Crippen LogP contribution in [0.1, 0.15) is 38.2 Å². The molecule has 2 rings (SSSR count). The molecule has 0 saturated heterocycles. The maximum absolute atomic E-state index is 11.6. The van der Waals surface area contributed by atoms with Crippen molar-refractivity contribution in [3.8, 4) is 0 Å². The first kappa shape index (κ1) is 20.7. The summed E-state index contributed by atoms with van der Waals surface area (Å²) >= 11 is 0. The van der Waals surface area contributed by atoms with Crippen molar-refractivity contribution in [3.05, 3.63) is 35.9 Å². The molecule has 7 heteroatoms. The van der Waals surface area contributed by atoms with Crippen LogP contribution < -0.4 is 10.6 Å². The Balaban J connectivity index is 1.79. The van der Waals surface area contributed by atoms with E-state index in [0.29, 0.717) is 19.6 Å². The average Bonchev–Trinajstić information content (AvgIpc) is 2.58. The molecule has 146 valence electrons. The molecule has 0 aliphatic heterocycles. The summed E-state index contributed by atoms with van der Waals surface area (Å²) in [6.07, 6.45) is 5.65. The second kappa shape index (κ2) is 9.37. The molecule has 0 heterocycles. The number of benzene rings is 1. The quantitative estimate of drug-likeness (QED) is 0.390. The standard InChI is InChI=1S/C19H32N4O2S/c1-4-23(26(3,24)25)15-9-14-21-18(20-2)22-16-19(12-8-13-19)17-10-6-5-7-11-17/h5-7,10-11H,4,8-9,12-16H2,1-3H3,(H2,20,21,22). The minimum atomic E-state index is -3.12. The molecule has 0 atom stereocenters. The van der Waals surface area contributed by atoms with Crippen molar-refractivity contribution >= 4 is 16.0 Å². The van der Waals surface area contributed by atoms with Crippen LogP contribution in [0.5, 0.6) is 0 Å². The van der Waals surface area contributed by atoms with Crippen LogP contribution in [-0.4, -0.2) is 58.2 Å². The molecule has 0 unspecified atom stereocenters. The van der Waals surface area contributed by atoms with Gasteiger partial charge in [0, 0.05) is 38.6 Å². The van der Waals surface area contributed by atoms with Crippen molar-refractivity contribution < 1.29 is 8.42 Å². The van der Waals surface area contributed by atoms with Crippen LogP contribution in [0.2, 0.25) is 0 Å². The highest BCUT2D eigenvalue weighted by atomic mass is 32.2. The molecule has 0 radical (unpaired) electrons. The van der Waals surface area contributed by atoms with Crippen molar-refractivity contribution in [1.29, 1.82) is 0 Å². The monoisotopic (exact) mass is 380 g/mol. The van der Waals surface area contributed by atoms with Gasteiger partial charge in [-0.25, -0.2) is 12.7 Å². The molecular formula is C19H32N4O2S. The topological polar surface area (TPSA) is 73.8 Å². The lowest BCUT2D eigenvalue weighted by Crippen LogP contribution is -2.49. The molecule has 2 N–H and O–H groups in total. The first-order valence-electron chi connectivity index (χ1n) is 9.36. The Labute approximate surface area is 158 Å². The van der Waals surface area contributed by atoms with Crippen molar-refractivity contribution in [2.24, 2.45) is 4.99 Å². The first-order valence-corrected chi connectivity index (χ1v) is 11.2. The molecule has 26 heavy (non-hydrogen) atoms. The van der Waals surface area contributed by atoms with Crippen LogP contribution in [0.3, 0.4) is 0 Å². The van der Waals surface area contributed by atoms with Crippen LogP contribution in [-0.2, 0) is 15.4 Å². The minimum absolute atomic E-state index is 0.203. The Bertz CT molecular complexity index is 685. The van der Waals surface area contributed by atoms with E-state index in [2.05, 4.69) is 46.0 Å². The molecule has 1 aromatic rings. The van der Waals surface area contributed by atoms with E-state index in [9.17, 15) is 8.42 Å². The molecule has 0 amide bonds. The summed E-state index contributed by atoms with van der Waals surface area (Å²) in [6.45, 7) is 4.43. The fraction of sp³-hybridized carbons (Fsp3) is 0.632. The van der Waals surface area contributed by atoms with E-state index >= 15 is 0 Å². The predicted molar refractivity (Wildman–Crippen MR) is 108 cm³/mol. The summed E-state index contributed by atoms with van der Waals surface area (Å²) in [6, 6.07) is 10.7. The zero-order chi connectivity index (χ0) is 19.0. The zero-order valence-electron chi connectivity index (χ0n) is 16.2. The molecule has 0 spiro atoms. The van der Waals surface area contributed by atoms with Crippen LogP contribution in [0.4, 0.5) is 0 Å². The van der Waals surface area contributed by atoms with Crippen molar-refractivity contribution in [2.75, 3.05) is 39.5 Å². The summed E-state index contributed by atoms with van der Waals surface area (Å²) in [4.78, 5) is 4.29. The summed E-state index contributed by atoms with van der Waals surface area (Å²) in [5.41, 5.74) is 1.59. The van der Waals surface area contributed by atoms with Crippen molar-refractivity contribution in [3.63, 3.8) is 0 Å². The lowest BCUT2D eigenvalue weighted by molar-refractivity contribution is 0.244. The SMILES string of the molecule is CCN(CCCNC(=NC)NCC1(c2ccccc2)CCC1)S(C)(=O)=O. The highest BCUT2D eigenvalue weighted by molar-refractivity contribution is 7.88. The molecular weight excluding hydrogens is 348 g/mol. The number of guanidine groups is 1. The number of hydrogen-bond acceptors (Lipinski definition) is 3. The van der Waals surface area contributed by atoms with Gasteiger partial charge in [-0.05, 0) is 24.8 Å². The van der Waals surface area contributed by atoms with Crippen LogP contribution in [0.25, 0.3) is 0 Å². The van der Waals surface area contributed by atoms with Gasteiger partial charge < -0.3 is 10.6 Å². The molecule has 1 aromatic carbocycles. The third-order valence-electron chi connectivity index (χ3n) is 5.21. The Morgan fingerprint density at radius 3 is 2.42 bits per heavy atom. The molecule has 0 aromatic heterocycles. The van der Waals surface area contributed by atoms with Gasteiger partial charge in [0.15, 0.2) is 5.96 Å². The van der Waals surface area contributed by atoms with Gasteiger partial charge in [-0.2, -0.15) is 0 Å². The number of sulfonamides is 1. The fourth-order valence-corrected chi connectivity index (χ4v) is 4.39. The predicted octanol–water partition coefficient (Wildman–Crippen LogP) is 1.94. The molecule has 1 fully saturated rings. The average molecular weight is 381 g/mol. The normalized spacial score (nSPS) is 17.0. The lowest BCUT2D eigenvalue weighted by atomic mass is 9.64. The Kier molecular flexibility index (Phi) is 7.46. The maximum atomic E-state index is 11.6. The van der Waals surface area contributed by atoms with E-state index in [1.807, 2.05) is 6.92 Å². The van der Waals surface area contributed by atoms with Crippen LogP contribution >= 0.6 is 0 Å².